The van der Waals surface area contributed by atoms with Crippen molar-refractivity contribution in [1.82, 2.24) is 5.32 Å². The molecule has 2 N–H and O–H groups in total. The number of hydrogen-bond donors (Lipinski definition) is 2. The third kappa shape index (κ3) is 3.56. The third-order valence-electron chi connectivity index (χ3n) is 3.44. The van der Waals surface area contributed by atoms with E-state index in [0.29, 0.717) is 6.04 Å². The summed E-state index contributed by atoms with van der Waals surface area (Å²) in [4.78, 5) is 11.4. The largest absolute Gasteiger partial charge is 0.480 e. The lowest BCUT2D eigenvalue weighted by molar-refractivity contribution is -0.140. The van der Waals surface area contributed by atoms with Crippen LogP contribution in [0.5, 0.6) is 0 Å². The second-order valence-corrected chi connectivity index (χ2v) is 5.74. The average Bonchev–Trinajstić information content (AvgIpc) is 2.37. The number of aliphatic carboxylic acids is 1. The average molecular weight is 312 g/mol. The molecule has 0 saturated heterocycles. The first-order valence-electron chi connectivity index (χ1n) is 6.41. The van der Waals surface area contributed by atoms with E-state index in [1.54, 1.807) is 0 Å². The zero-order valence-electron chi connectivity index (χ0n) is 10.2. The summed E-state index contributed by atoms with van der Waals surface area (Å²) in [6.07, 6.45) is 5.83. The quantitative estimate of drug-likeness (QED) is 0.894. The molecule has 0 bridgehead atoms. The van der Waals surface area contributed by atoms with E-state index in [-0.39, 0.29) is 0 Å². The summed E-state index contributed by atoms with van der Waals surface area (Å²) in [5.41, 5.74) is 0.808. The number of carbonyl (C=O) groups is 1. The molecule has 1 aromatic rings. The Hall–Kier alpha value is -0.870. The molecular weight excluding hydrogens is 294 g/mol. The number of hydrogen-bond acceptors (Lipinski definition) is 2. The van der Waals surface area contributed by atoms with Gasteiger partial charge >= 0.3 is 5.97 Å². The Bertz CT molecular complexity index is 416. The first kappa shape index (κ1) is 13.6. The van der Waals surface area contributed by atoms with E-state index in [2.05, 4.69) is 21.2 Å². The minimum absolute atomic E-state index is 0.332. The molecule has 2 rings (SSSR count). The van der Waals surface area contributed by atoms with Gasteiger partial charge in [-0.2, -0.15) is 0 Å². The Kier molecular flexibility index (Phi) is 4.78. The number of halogens is 1. The van der Waals surface area contributed by atoms with E-state index in [9.17, 15) is 9.90 Å². The lowest BCUT2D eigenvalue weighted by atomic mass is 9.94. The van der Waals surface area contributed by atoms with Crippen LogP contribution in [0.15, 0.2) is 28.7 Å². The van der Waals surface area contributed by atoms with E-state index in [4.69, 9.17) is 0 Å². The van der Waals surface area contributed by atoms with Crippen LogP contribution in [0.3, 0.4) is 0 Å². The van der Waals surface area contributed by atoms with Crippen molar-refractivity contribution in [1.29, 1.82) is 0 Å². The van der Waals surface area contributed by atoms with Gasteiger partial charge < -0.3 is 5.11 Å². The molecule has 0 amide bonds. The maximum absolute atomic E-state index is 11.4. The van der Waals surface area contributed by atoms with Crippen molar-refractivity contribution in [2.45, 2.75) is 44.2 Å². The number of carboxylic acid groups (broad SMARTS) is 1. The molecule has 1 unspecified atom stereocenters. The van der Waals surface area contributed by atoms with Gasteiger partial charge in [-0.15, -0.1) is 0 Å². The third-order valence-corrected chi connectivity index (χ3v) is 3.93. The van der Waals surface area contributed by atoms with E-state index in [1.807, 2.05) is 24.3 Å². The molecule has 98 valence electrons. The summed E-state index contributed by atoms with van der Waals surface area (Å²) in [5.74, 6) is -0.807. The summed E-state index contributed by atoms with van der Waals surface area (Å²) >= 11 is 3.38. The molecule has 0 aromatic heterocycles. The highest BCUT2D eigenvalue weighted by molar-refractivity contribution is 9.10. The first-order valence-corrected chi connectivity index (χ1v) is 7.20. The van der Waals surface area contributed by atoms with Gasteiger partial charge in [0, 0.05) is 10.5 Å². The normalized spacial score (nSPS) is 18.5. The van der Waals surface area contributed by atoms with Gasteiger partial charge in [-0.3, -0.25) is 10.1 Å². The van der Waals surface area contributed by atoms with Crippen LogP contribution in [-0.4, -0.2) is 17.1 Å². The topological polar surface area (TPSA) is 49.3 Å². The van der Waals surface area contributed by atoms with Crippen molar-refractivity contribution in [3.05, 3.63) is 34.3 Å². The van der Waals surface area contributed by atoms with Gasteiger partial charge in [-0.25, -0.2) is 0 Å². The van der Waals surface area contributed by atoms with Crippen molar-refractivity contribution >= 4 is 21.9 Å². The van der Waals surface area contributed by atoms with Crippen LogP contribution in [0, 0.1) is 0 Å². The molecule has 0 heterocycles. The molecule has 3 nitrogen and oxygen atoms in total. The summed E-state index contributed by atoms with van der Waals surface area (Å²) in [6, 6.07) is 7.24. The van der Waals surface area contributed by atoms with Crippen molar-refractivity contribution < 1.29 is 9.90 Å². The van der Waals surface area contributed by atoms with E-state index >= 15 is 0 Å². The van der Waals surface area contributed by atoms with Crippen molar-refractivity contribution in [3.63, 3.8) is 0 Å². The van der Waals surface area contributed by atoms with E-state index in [0.717, 1.165) is 22.9 Å². The van der Waals surface area contributed by atoms with E-state index < -0.39 is 12.0 Å². The standard InChI is InChI=1S/C14H18BrNO2/c15-11-6-4-5-10(9-11)13(14(17)18)16-12-7-2-1-3-8-12/h4-6,9,12-13,16H,1-3,7-8H2,(H,17,18). The molecule has 0 aliphatic heterocycles. The molecule has 4 heteroatoms. The monoisotopic (exact) mass is 311 g/mol. The summed E-state index contributed by atoms with van der Waals surface area (Å²) < 4.78 is 0.914. The van der Waals surface area contributed by atoms with Crippen molar-refractivity contribution in [2.75, 3.05) is 0 Å². The Morgan fingerprint density at radius 3 is 2.67 bits per heavy atom. The smallest absolute Gasteiger partial charge is 0.325 e. The predicted molar refractivity (Wildman–Crippen MR) is 74.5 cm³/mol. The molecular formula is C14H18BrNO2. The van der Waals surface area contributed by atoms with Crippen LogP contribution in [0.4, 0.5) is 0 Å². The van der Waals surface area contributed by atoms with E-state index in [1.165, 1.54) is 19.3 Å². The SMILES string of the molecule is O=C(O)C(NC1CCCCC1)c1cccc(Br)c1. The second kappa shape index (κ2) is 6.34. The summed E-state index contributed by atoms with van der Waals surface area (Å²) in [6.45, 7) is 0. The van der Waals surface area contributed by atoms with Crippen LogP contribution in [0.25, 0.3) is 0 Å². The first-order chi connectivity index (χ1) is 8.66. The molecule has 1 saturated carbocycles. The maximum atomic E-state index is 11.4. The van der Waals surface area contributed by atoms with Gasteiger partial charge in [0.05, 0.1) is 0 Å². The lowest BCUT2D eigenvalue weighted by Crippen LogP contribution is -2.38. The Morgan fingerprint density at radius 2 is 2.06 bits per heavy atom. The molecule has 1 aromatic carbocycles. The van der Waals surface area contributed by atoms with Gasteiger partial charge in [-0.05, 0) is 30.5 Å². The lowest BCUT2D eigenvalue weighted by Gasteiger charge is -2.26. The van der Waals surface area contributed by atoms with Gasteiger partial charge in [0.2, 0.25) is 0 Å². The van der Waals surface area contributed by atoms with Crippen LogP contribution >= 0.6 is 15.9 Å². The van der Waals surface area contributed by atoms with Crippen LogP contribution in [0.2, 0.25) is 0 Å². The zero-order valence-corrected chi connectivity index (χ0v) is 11.8. The fourth-order valence-corrected chi connectivity index (χ4v) is 2.92. The van der Waals surface area contributed by atoms with Gasteiger partial charge in [0.25, 0.3) is 0 Å². The van der Waals surface area contributed by atoms with Crippen molar-refractivity contribution in [2.24, 2.45) is 0 Å². The zero-order chi connectivity index (χ0) is 13.0. The van der Waals surface area contributed by atoms with Crippen LogP contribution < -0.4 is 5.32 Å². The minimum atomic E-state index is -0.807. The number of carboxylic acids is 1. The highest BCUT2D eigenvalue weighted by atomic mass is 79.9. The Balaban J connectivity index is 2.10. The number of benzene rings is 1. The van der Waals surface area contributed by atoms with Crippen LogP contribution in [0.1, 0.15) is 43.7 Å². The fraction of sp³-hybridized carbons (Fsp3) is 0.500. The van der Waals surface area contributed by atoms with Gasteiger partial charge in [0.1, 0.15) is 6.04 Å². The highest BCUT2D eigenvalue weighted by Crippen LogP contribution is 2.23. The highest BCUT2D eigenvalue weighted by Gasteiger charge is 2.24. The molecule has 1 aliphatic rings. The number of rotatable bonds is 4. The molecule has 0 spiro atoms. The summed E-state index contributed by atoms with van der Waals surface area (Å²) in [7, 11) is 0. The molecule has 18 heavy (non-hydrogen) atoms. The summed E-state index contributed by atoms with van der Waals surface area (Å²) in [5, 5.41) is 12.6. The maximum Gasteiger partial charge on any atom is 0.325 e. The molecule has 0 radical (unpaired) electrons. The molecule has 1 aliphatic carbocycles. The predicted octanol–water partition coefficient (Wildman–Crippen LogP) is 3.50. The minimum Gasteiger partial charge on any atom is -0.480 e. The Labute approximate surface area is 116 Å². The molecule has 1 fully saturated rings. The number of nitrogens with one attached hydrogen (secondary N) is 1. The Morgan fingerprint density at radius 1 is 1.33 bits per heavy atom. The van der Waals surface area contributed by atoms with Crippen LogP contribution in [-0.2, 0) is 4.79 Å². The fourth-order valence-electron chi connectivity index (χ4n) is 2.50. The molecule has 1 atom stereocenters. The van der Waals surface area contributed by atoms with Crippen molar-refractivity contribution in [3.8, 4) is 0 Å². The second-order valence-electron chi connectivity index (χ2n) is 4.83. The van der Waals surface area contributed by atoms with Gasteiger partial charge in [-0.1, -0.05) is 47.3 Å². The van der Waals surface area contributed by atoms with Gasteiger partial charge in [0.15, 0.2) is 0 Å².